The van der Waals surface area contributed by atoms with Gasteiger partial charge < -0.3 is 15.0 Å². The lowest BCUT2D eigenvalue weighted by molar-refractivity contribution is 0.328. The normalized spacial score (nSPS) is 10.5. The minimum absolute atomic E-state index is 0.507. The Kier molecular flexibility index (Phi) is 3.39. The first kappa shape index (κ1) is 11.6. The maximum Gasteiger partial charge on any atom is 0.163 e. The van der Waals surface area contributed by atoms with Crippen molar-refractivity contribution < 1.29 is 4.74 Å². The summed E-state index contributed by atoms with van der Waals surface area (Å²) in [6.45, 7) is 2.94. The van der Waals surface area contributed by atoms with Crippen LogP contribution in [0.1, 0.15) is 5.82 Å². The number of rotatable bonds is 4. The number of aryl methyl sites for hydroxylation is 1. The molecule has 1 aromatic carbocycles. The quantitative estimate of drug-likeness (QED) is 0.858. The number of aromatic nitrogens is 3. The SMILES string of the molecule is Cc1nnc(-c2cccc(OCCN)c2)n1C. The maximum absolute atomic E-state index is 5.48. The van der Waals surface area contributed by atoms with Gasteiger partial charge in [0.1, 0.15) is 18.2 Å². The van der Waals surface area contributed by atoms with E-state index in [4.69, 9.17) is 10.5 Å². The number of hydrogen-bond donors (Lipinski definition) is 1. The average Bonchev–Trinajstić information content (AvgIpc) is 2.68. The molecule has 0 spiro atoms. The van der Waals surface area contributed by atoms with Gasteiger partial charge in [0, 0.05) is 19.2 Å². The second-order valence-electron chi connectivity index (χ2n) is 3.79. The third-order valence-corrected chi connectivity index (χ3v) is 2.57. The highest BCUT2D eigenvalue weighted by Gasteiger charge is 2.08. The molecule has 2 N–H and O–H groups in total. The van der Waals surface area contributed by atoms with Gasteiger partial charge in [0.05, 0.1) is 0 Å². The van der Waals surface area contributed by atoms with Crippen molar-refractivity contribution in [1.82, 2.24) is 14.8 Å². The molecule has 5 heteroatoms. The summed E-state index contributed by atoms with van der Waals surface area (Å²) in [5.74, 6) is 2.52. The van der Waals surface area contributed by atoms with E-state index in [0.29, 0.717) is 13.2 Å². The zero-order valence-electron chi connectivity index (χ0n) is 10.1. The highest BCUT2D eigenvalue weighted by molar-refractivity contribution is 5.57. The van der Waals surface area contributed by atoms with E-state index in [1.165, 1.54) is 0 Å². The Morgan fingerprint density at radius 3 is 2.82 bits per heavy atom. The summed E-state index contributed by atoms with van der Waals surface area (Å²) in [6.07, 6.45) is 0. The van der Waals surface area contributed by atoms with Crippen molar-refractivity contribution in [3.8, 4) is 17.1 Å². The van der Waals surface area contributed by atoms with Gasteiger partial charge in [0.25, 0.3) is 0 Å². The van der Waals surface area contributed by atoms with Gasteiger partial charge >= 0.3 is 0 Å². The van der Waals surface area contributed by atoms with E-state index in [1.807, 2.05) is 42.8 Å². The minimum atomic E-state index is 0.507. The van der Waals surface area contributed by atoms with Gasteiger partial charge in [0.2, 0.25) is 0 Å². The van der Waals surface area contributed by atoms with E-state index >= 15 is 0 Å². The highest BCUT2D eigenvalue weighted by atomic mass is 16.5. The molecule has 0 unspecified atom stereocenters. The lowest BCUT2D eigenvalue weighted by atomic mass is 10.2. The van der Waals surface area contributed by atoms with E-state index in [9.17, 15) is 0 Å². The van der Waals surface area contributed by atoms with Gasteiger partial charge in [-0.05, 0) is 19.1 Å². The van der Waals surface area contributed by atoms with Crippen LogP contribution in [0.25, 0.3) is 11.4 Å². The molecule has 0 aliphatic carbocycles. The summed E-state index contributed by atoms with van der Waals surface area (Å²) < 4.78 is 7.43. The standard InChI is InChI=1S/C12H16N4O/c1-9-14-15-12(16(9)2)10-4-3-5-11(8-10)17-7-6-13/h3-5,8H,6-7,13H2,1-2H3. The molecular weight excluding hydrogens is 216 g/mol. The van der Waals surface area contributed by atoms with Crippen LogP contribution in [0.5, 0.6) is 5.75 Å². The second kappa shape index (κ2) is 4.97. The van der Waals surface area contributed by atoms with Crippen LogP contribution >= 0.6 is 0 Å². The third kappa shape index (κ3) is 2.45. The predicted molar refractivity (Wildman–Crippen MR) is 65.7 cm³/mol. The lowest BCUT2D eigenvalue weighted by Gasteiger charge is -2.06. The molecule has 0 aliphatic rings. The van der Waals surface area contributed by atoms with Crippen LogP contribution in [0.3, 0.4) is 0 Å². The molecule has 0 saturated carbocycles. The molecule has 0 fully saturated rings. The van der Waals surface area contributed by atoms with Crippen LogP contribution in [0.4, 0.5) is 0 Å². The summed E-state index contributed by atoms with van der Waals surface area (Å²) in [4.78, 5) is 0. The van der Waals surface area contributed by atoms with Crippen LogP contribution in [-0.4, -0.2) is 27.9 Å². The van der Waals surface area contributed by atoms with Gasteiger partial charge in [-0.15, -0.1) is 10.2 Å². The van der Waals surface area contributed by atoms with Gasteiger partial charge in [0.15, 0.2) is 5.82 Å². The molecule has 90 valence electrons. The van der Waals surface area contributed by atoms with Crippen LogP contribution in [-0.2, 0) is 7.05 Å². The van der Waals surface area contributed by atoms with Crippen molar-refractivity contribution in [1.29, 1.82) is 0 Å². The van der Waals surface area contributed by atoms with Crippen molar-refractivity contribution in [3.63, 3.8) is 0 Å². The molecule has 5 nitrogen and oxygen atoms in total. The van der Waals surface area contributed by atoms with E-state index in [-0.39, 0.29) is 0 Å². The van der Waals surface area contributed by atoms with Gasteiger partial charge in [-0.1, -0.05) is 12.1 Å². The number of benzene rings is 1. The molecule has 17 heavy (non-hydrogen) atoms. The van der Waals surface area contributed by atoms with Gasteiger partial charge in [-0.25, -0.2) is 0 Å². The van der Waals surface area contributed by atoms with Crippen LogP contribution < -0.4 is 10.5 Å². The Bertz CT molecular complexity index is 507. The first-order valence-electron chi connectivity index (χ1n) is 5.51. The lowest BCUT2D eigenvalue weighted by Crippen LogP contribution is -2.10. The third-order valence-electron chi connectivity index (χ3n) is 2.57. The molecular formula is C12H16N4O. The summed E-state index contributed by atoms with van der Waals surface area (Å²) in [7, 11) is 1.94. The Balaban J connectivity index is 2.30. The van der Waals surface area contributed by atoms with Crippen LogP contribution in [0.15, 0.2) is 24.3 Å². The number of nitrogens with two attached hydrogens (primary N) is 1. The highest BCUT2D eigenvalue weighted by Crippen LogP contribution is 2.22. The van der Waals surface area contributed by atoms with Crippen molar-refractivity contribution >= 4 is 0 Å². The largest absolute Gasteiger partial charge is 0.492 e. The molecule has 0 radical (unpaired) electrons. The molecule has 2 rings (SSSR count). The molecule has 0 bridgehead atoms. The fourth-order valence-electron chi connectivity index (χ4n) is 1.56. The average molecular weight is 232 g/mol. The van der Waals surface area contributed by atoms with Crippen LogP contribution in [0, 0.1) is 6.92 Å². The van der Waals surface area contributed by atoms with E-state index in [2.05, 4.69) is 10.2 Å². The van der Waals surface area contributed by atoms with E-state index in [1.54, 1.807) is 0 Å². The summed E-state index contributed by atoms with van der Waals surface area (Å²) in [6, 6.07) is 7.77. The molecule has 1 aromatic heterocycles. The van der Waals surface area contributed by atoms with E-state index in [0.717, 1.165) is 23.0 Å². The Morgan fingerprint density at radius 2 is 2.18 bits per heavy atom. The summed E-state index contributed by atoms with van der Waals surface area (Å²) in [5, 5.41) is 8.18. The first-order chi connectivity index (χ1) is 8.22. The number of ether oxygens (including phenoxy) is 1. The Morgan fingerprint density at radius 1 is 1.35 bits per heavy atom. The van der Waals surface area contributed by atoms with Crippen LogP contribution in [0.2, 0.25) is 0 Å². The van der Waals surface area contributed by atoms with Gasteiger partial charge in [-0.2, -0.15) is 0 Å². The molecule has 0 atom stereocenters. The van der Waals surface area contributed by atoms with Crippen molar-refractivity contribution in [3.05, 3.63) is 30.1 Å². The fourth-order valence-corrected chi connectivity index (χ4v) is 1.56. The Labute approximate surface area is 100 Å². The second-order valence-corrected chi connectivity index (χ2v) is 3.79. The molecule has 1 heterocycles. The molecule has 0 saturated heterocycles. The fraction of sp³-hybridized carbons (Fsp3) is 0.333. The first-order valence-corrected chi connectivity index (χ1v) is 5.51. The summed E-state index contributed by atoms with van der Waals surface area (Å²) in [5.41, 5.74) is 6.39. The minimum Gasteiger partial charge on any atom is -0.492 e. The zero-order chi connectivity index (χ0) is 12.3. The monoisotopic (exact) mass is 232 g/mol. The van der Waals surface area contributed by atoms with E-state index < -0.39 is 0 Å². The smallest absolute Gasteiger partial charge is 0.163 e. The number of nitrogens with zero attached hydrogens (tertiary/aromatic N) is 3. The maximum atomic E-state index is 5.48. The summed E-state index contributed by atoms with van der Waals surface area (Å²) >= 11 is 0. The molecule has 2 aromatic rings. The predicted octanol–water partition coefficient (Wildman–Crippen LogP) is 1.13. The Hall–Kier alpha value is -1.88. The topological polar surface area (TPSA) is 66.0 Å². The molecule has 0 aliphatic heterocycles. The van der Waals surface area contributed by atoms with Crippen molar-refractivity contribution in [2.45, 2.75) is 6.92 Å². The van der Waals surface area contributed by atoms with Crippen molar-refractivity contribution in [2.75, 3.05) is 13.2 Å². The zero-order valence-corrected chi connectivity index (χ0v) is 10.1. The van der Waals surface area contributed by atoms with Crippen molar-refractivity contribution in [2.24, 2.45) is 12.8 Å². The van der Waals surface area contributed by atoms with Gasteiger partial charge in [-0.3, -0.25) is 0 Å². The molecule has 0 amide bonds. The number of hydrogen-bond acceptors (Lipinski definition) is 4.